The van der Waals surface area contributed by atoms with Gasteiger partial charge in [0.15, 0.2) is 0 Å². The van der Waals surface area contributed by atoms with Gasteiger partial charge in [0.05, 0.1) is 5.75 Å². The van der Waals surface area contributed by atoms with Crippen LogP contribution in [0, 0.1) is 0 Å². The van der Waals surface area contributed by atoms with Crippen LogP contribution in [0.2, 0.25) is 5.02 Å². The molecule has 0 bridgehead atoms. The number of halogens is 1. The summed E-state index contributed by atoms with van der Waals surface area (Å²) in [5, 5.41) is 16.3. The number of likely N-dealkylation sites (N-methyl/N-ethyl adjacent to an activating group) is 1. The number of nitrogens with zero attached hydrogens (tertiary/aromatic N) is 1. The van der Waals surface area contributed by atoms with E-state index >= 15 is 0 Å². The first-order chi connectivity index (χ1) is 12.9. The Morgan fingerprint density at radius 3 is 1.89 bits per heavy atom. The van der Waals surface area contributed by atoms with Gasteiger partial charge in [-0.2, -0.15) is 0 Å². The second-order valence-corrected chi connectivity index (χ2v) is 9.72. The molecular formula is C19H26ClNO6S. The lowest BCUT2D eigenvalue weighted by molar-refractivity contribution is -0.134. The van der Waals surface area contributed by atoms with Crippen LogP contribution in [0.4, 0.5) is 0 Å². The van der Waals surface area contributed by atoms with Gasteiger partial charge in [0.1, 0.15) is 9.84 Å². The lowest BCUT2D eigenvalue weighted by Gasteiger charge is -2.50. The van der Waals surface area contributed by atoms with E-state index in [1.54, 1.807) is 0 Å². The number of hydrogen-bond donors (Lipinski definition) is 2. The van der Waals surface area contributed by atoms with Crippen LogP contribution in [0.3, 0.4) is 0 Å². The van der Waals surface area contributed by atoms with E-state index in [0.717, 1.165) is 19.3 Å². The summed E-state index contributed by atoms with van der Waals surface area (Å²) in [5.41, 5.74) is 1.15. The average molecular weight is 432 g/mol. The first-order valence-electron chi connectivity index (χ1n) is 8.61. The van der Waals surface area contributed by atoms with E-state index in [1.807, 2.05) is 38.4 Å². The number of carboxylic acid groups (broad SMARTS) is 2. The maximum absolute atomic E-state index is 11.8. The second-order valence-electron chi connectivity index (χ2n) is 7.10. The number of carbonyl (C=O) groups is 2. The van der Waals surface area contributed by atoms with Crippen LogP contribution < -0.4 is 0 Å². The standard InChI is InChI=1S/C15H22ClNO2S.C4H4O4/c1-17(2)14(11-20(3,18)19)15(9-4-10-15)12-5-7-13(16)8-6-12;5-3(6)1-2-4(7)8/h5-8,14H,4,9-11H2,1-3H3;1-2H,(H,5,6)(H,7,8)/b;2-1-. The fourth-order valence-electron chi connectivity index (χ4n) is 3.39. The van der Waals surface area contributed by atoms with E-state index in [4.69, 9.17) is 21.8 Å². The number of benzene rings is 1. The van der Waals surface area contributed by atoms with Gasteiger partial charge in [-0.25, -0.2) is 18.0 Å². The van der Waals surface area contributed by atoms with Crippen LogP contribution in [0.15, 0.2) is 36.4 Å². The molecule has 1 fully saturated rings. The normalized spacial score (nSPS) is 16.8. The van der Waals surface area contributed by atoms with Crippen LogP contribution in [0.5, 0.6) is 0 Å². The van der Waals surface area contributed by atoms with Crippen LogP contribution in [-0.2, 0) is 24.8 Å². The summed E-state index contributed by atoms with van der Waals surface area (Å²) in [6.45, 7) is 0. The predicted octanol–water partition coefficient (Wildman–Crippen LogP) is 2.45. The summed E-state index contributed by atoms with van der Waals surface area (Å²) in [7, 11) is 0.917. The van der Waals surface area contributed by atoms with Crippen LogP contribution in [0.1, 0.15) is 24.8 Å². The van der Waals surface area contributed by atoms with Crippen LogP contribution >= 0.6 is 11.6 Å². The van der Waals surface area contributed by atoms with E-state index in [1.165, 1.54) is 11.8 Å². The Morgan fingerprint density at radius 2 is 1.61 bits per heavy atom. The molecule has 1 saturated carbocycles. The van der Waals surface area contributed by atoms with Crippen LogP contribution in [0.25, 0.3) is 0 Å². The zero-order valence-electron chi connectivity index (χ0n) is 16.1. The van der Waals surface area contributed by atoms with Crippen molar-refractivity contribution in [2.45, 2.75) is 30.7 Å². The lowest BCUT2D eigenvalue weighted by Crippen LogP contribution is -2.55. The van der Waals surface area contributed by atoms with Crippen molar-refractivity contribution in [1.29, 1.82) is 0 Å². The van der Waals surface area contributed by atoms with E-state index in [-0.39, 0.29) is 17.2 Å². The number of carboxylic acids is 2. The highest BCUT2D eigenvalue weighted by atomic mass is 35.5. The fourth-order valence-corrected chi connectivity index (χ4v) is 4.70. The van der Waals surface area contributed by atoms with Gasteiger partial charge in [0.25, 0.3) is 0 Å². The van der Waals surface area contributed by atoms with E-state index < -0.39 is 21.8 Å². The summed E-state index contributed by atoms with van der Waals surface area (Å²) in [5.74, 6) is -2.32. The van der Waals surface area contributed by atoms with Crippen molar-refractivity contribution in [3.05, 3.63) is 47.0 Å². The van der Waals surface area contributed by atoms with E-state index in [2.05, 4.69) is 4.90 Å². The third kappa shape index (κ3) is 7.26. The Morgan fingerprint density at radius 1 is 1.14 bits per heavy atom. The third-order valence-corrected chi connectivity index (χ3v) is 5.93. The van der Waals surface area contributed by atoms with E-state index in [9.17, 15) is 18.0 Å². The van der Waals surface area contributed by atoms with Gasteiger partial charge in [-0.05, 0) is 44.6 Å². The van der Waals surface area contributed by atoms with Gasteiger partial charge in [-0.3, -0.25) is 0 Å². The highest BCUT2D eigenvalue weighted by Crippen LogP contribution is 2.48. The summed E-state index contributed by atoms with van der Waals surface area (Å²) >= 11 is 5.97. The van der Waals surface area contributed by atoms with Gasteiger partial charge in [-0.1, -0.05) is 30.2 Å². The molecule has 0 aliphatic heterocycles. The molecular weight excluding hydrogens is 406 g/mol. The number of sulfone groups is 1. The van der Waals surface area contributed by atoms with Crippen molar-refractivity contribution >= 4 is 33.4 Å². The molecule has 0 saturated heterocycles. The van der Waals surface area contributed by atoms with Gasteiger partial charge in [0.2, 0.25) is 0 Å². The minimum atomic E-state index is -3.01. The first-order valence-corrected chi connectivity index (χ1v) is 11.1. The largest absolute Gasteiger partial charge is 0.478 e. The summed E-state index contributed by atoms with van der Waals surface area (Å²) in [4.78, 5) is 21.2. The zero-order valence-corrected chi connectivity index (χ0v) is 17.7. The van der Waals surface area contributed by atoms with Crippen molar-refractivity contribution < 1.29 is 28.2 Å². The Kier molecular flexibility index (Phi) is 8.66. The Bertz CT molecular complexity index is 797. The molecule has 2 N–H and O–H groups in total. The van der Waals surface area contributed by atoms with Crippen molar-refractivity contribution in [1.82, 2.24) is 4.90 Å². The van der Waals surface area contributed by atoms with Crippen molar-refractivity contribution in [2.75, 3.05) is 26.1 Å². The molecule has 1 atom stereocenters. The SMILES string of the molecule is CN(C)C(CS(C)(=O)=O)C1(c2ccc(Cl)cc2)CCC1.O=C(O)/C=C\C(=O)O. The zero-order chi connectivity index (χ0) is 21.5. The predicted molar refractivity (Wildman–Crippen MR) is 109 cm³/mol. The molecule has 9 heteroatoms. The molecule has 0 aromatic heterocycles. The highest BCUT2D eigenvalue weighted by molar-refractivity contribution is 7.90. The molecule has 2 rings (SSSR count). The summed E-state index contributed by atoms with van der Waals surface area (Å²) in [6.07, 6.45) is 5.65. The second kappa shape index (κ2) is 10.0. The average Bonchev–Trinajstić information content (AvgIpc) is 2.52. The smallest absolute Gasteiger partial charge is 0.328 e. The van der Waals surface area contributed by atoms with Gasteiger partial charge >= 0.3 is 11.9 Å². The highest BCUT2D eigenvalue weighted by Gasteiger charge is 2.47. The maximum Gasteiger partial charge on any atom is 0.328 e. The van der Waals surface area contributed by atoms with Crippen molar-refractivity contribution in [2.24, 2.45) is 0 Å². The molecule has 1 aromatic carbocycles. The summed E-state index contributed by atoms with van der Waals surface area (Å²) in [6, 6.07) is 7.88. The van der Waals surface area contributed by atoms with Gasteiger partial charge in [-0.15, -0.1) is 0 Å². The number of hydrogen-bond acceptors (Lipinski definition) is 5. The fraction of sp³-hybridized carbons (Fsp3) is 0.474. The molecule has 28 heavy (non-hydrogen) atoms. The third-order valence-electron chi connectivity index (χ3n) is 4.76. The molecule has 0 heterocycles. The molecule has 0 radical (unpaired) electrons. The molecule has 1 aliphatic carbocycles. The molecule has 1 unspecified atom stereocenters. The van der Waals surface area contributed by atoms with Crippen molar-refractivity contribution in [3.8, 4) is 0 Å². The van der Waals surface area contributed by atoms with E-state index in [0.29, 0.717) is 17.2 Å². The van der Waals surface area contributed by atoms with Gasteiger partial charge in [0, 0.05) is 34.9 Å². The Labute approximate surface area is 170 Å². The topological polar surface area (TPSA) is 112 Å². The molecule has 1 aliphatic rings. The number of aliphatic carboxylic acids is 2. The quantitative estimate of drug-likeness (QED) is 0.637. The molecule has 0 spiro atoms. The number of rotatable bonds is 7. The van der Waals surface area contributed by atoms with Crippen molar-refractivity contribution in [3.63, 3.8) is 0 Å². The minimum Gasteiger partial charge on any atom is -0.478 e. The van der Waals surface area contributed by atoms with Gasteiger partial charge < -0.3 is 15.1 Å². The molecule has 7 nitrogen and oxygen atoms in total. The maximum atomic E-state index is 11.8. The molecule has 0 amide bonds. The molecule has 156 valence electrons. The first kappa shape index (κ1) is 24.1. The lowest BCUT2D eigenvalue weighted by atomic mass is 9.60. The minimum absolute atomic E-state index is 0.00688. The Hall–Kier alpha value is -1.90. The summed E-state index contributed by atoms with van der Waals surface area (Å²) < 4.78 is 23.5. The monoisotopic (exact) mass is 431 g/mol. The Balaban J connectivity index is 0.000000416. The molecule has 1 aromatic rings. The van der Waals surface area contributed by atoms with Crippen LogP contribution in [-0.4, -0.2) is 67.6 Å².